The number of aromatic amines is 1. The van der Waals surface area contributed by atoms with E-state index >= 15 is 0 Å². The zero-order valence-corrected chi connectivity index (χ0v) is 22.0. The average molecular weight is 509 g/mol. The zero-order chi connectivity index (χ0) is 25.2. The Morgan fingerprint density at radius 3 is 2.64 bits per heavy atom. The van der Waals surface area contributed by atoms with Crippen LogP contribution in [-0.2, 0) is 6.54 Å². The molecule has 8 nitrogen and oxygen atoms in total. The van der Waals surface area contributed by atoms with Crippen LogP contribution in [0.15, 0.2) is 36.8 Å². The quantitative estimate of drug-likeness (QED) is 0.355. The Bertz CT molecular complexity index is 1340. The van der Waals surface area contributed by atoms with Crippen LogP contribution in [0.1, 0.15) is 36.3 Å². The van der Waals surface area contributed by atoms with Crippen LogP contribution in [0.5, 0.6) is 11.5 Å². The number of hydrogen-bond donors (Lipinski definition) is 2. The standard InChI is InChI=1S/C27H33ClN6O2/c1-5-21(33-11-9-29-10-12-33)26-25-22(34(32-26)15-18-14-30-16-31-18)13-23(35-3)27(36-4)24(25)19-7-6-8-20(28)17(19)2/h6-8,13-14,16,21,29H,5,9-12,15H2,1-4H3,(H,30,31). The number of H-pyrrole nitrogens is 1. The molecule has 0 saturated carbocycles. The van der Waals surface area contributed by atoms with Gasteiger partial charge in [-0.2, -0.15) is 5.10 Å². The molecule has 2 N–H and O–H groups in total. The number of aromatic nitrogens is 4. The van der Waals surface area contributed by atoms with E-state index in [9.17, 15) is 0 Å². The fourth-order valence-electron chi connectivity index (χ4n) is 5.32. The molecule has 0 aliphatic carbocycles. The van der Waals surface area contributed by atoms with E-state index in [0.29, 0.717) is 23.1 Å². The van der Waals surface area contributed by atoms with Crippen molar-refractivity contribution >= 4 is 22.5 Å². The molecule has 5 rings (SSSR count). The SMILES string of the molecule is CCC(c1nn(Cc2cnc[nH]2)c2cc(OC)c(OC)c(-c3cccc(Cl)c3C)c12)N1CCNCC1. The highest BCUT2D eigenvalue weighted by molar-refractivity contribution is 6.31. The minimum Gasteiger partial charge on any atom is -0.493 e. The van der Waals surface area contributed by atoms with Crippen LogP contribution in [0.25, 0.3) is 22.0 Å². The molecule has 0 spiro atoms. The van der Waals surface area contributed by atoms with Crippen molar-refractivity contribution in [3.05, 3.63) is 58.8 Å². The smallest absolute Gasteiger partial charge is 0.169 e. The number of imidazole rings is 1. The fourth-order valence-corrected chi connectivity index (χ4v) is 5.49. The van der Waals surface area contributed by atoms with Gasteiger partial charge in [-0.15, -0.1) is 0 Å². The topological polar surface area (TPSA) is 80.2 Å². The van der Waals surface area contributed by atoms with E-state index in [1.807, 2.05) is 36.0 Å². The number of hydrogen-bond acceptors (Lipinski definition) is 6. The summed E-state index contributed by atoms with van der Waals surface area (Å²) in [7, 11) is 3.36. The molecule has 190 valence electrons. The molecular weight excluding hydrogens is 476 g/mol. The Morgan fingerprint density at radius 1 is 1.17 bits per heavy atom. The number of piperazine rings is 1. The Morgan fingerprint density at radius 2 is 1.97 bits per heavy atom. The van der Waals surface area contributed by atoms with Crippen LogP contribution in [0.3, 0.4) is 0 Å². The number of fused-ring (bicyclic) bond motifs is 1. The summed E-state index contributed by atoms with van der Waals surface area (Å²) in [5.74, 6) is 1.35. The highest BCUT2D eigenvalue weighted by atomic mass is 35.5. The van der Waals surface area contributed by atoms with Gasteiger partial charge in [-0.1, -0.05) is 30.7 Å². The Balaban J connectivity index is 1.85. The molecule has 1 aliphatic rings. The zero-order valence-electron chi connectivity index (χ0n) is 21.3. The second-order valence-corrected chi connectivity index (χ2v) is 9.53. The monoisotopic (exact) mass is 508 g/mol. The number of halogens is 1. The lowest BCUT2D eigenvalue weighted by Crippen LogP contribution is -2.45. The number of nitrogens with one attached hydrogen (secondary N) is 2. The van der Waals surface area contributed by atoms with Crippen LogP contribution in [0, 0.1) is 6.92 Å². The summed E-state index contributed by atoms with van der Waals surface area (Å²) >= 11 is 6.62. The van der Waals surface area contributed by atoms with Crippen LogP contribution >= 0.6 is 11.6 Å². The summed E-state index contributed by atoms with van der Waals surface area (Å²) in [5, 5.41) is 10.5. The van der Waals surface area contributed by atoms with E-state index in [1.54, 1.807) is 20.5 Å². The third-order valence-corrected chi connectivity index (χ3v) is 7.53. The number of nitrogens with zero attached hydrogens (tertiary/aromatic N) is 4. The van der Waals surface area contributed by atoms with Crippen molar-refractivity contribution in [3.63, 3.8) is 0 Å². The molecule has 36 heavy (non-hydrogen) atoms. The van der Waals surface area contributed by atoms with Crippen molar-refractivity contribution in [3.8, 4) is 22.6 Å². The van der Waals surface area contributed by atoms with Gasteiger partial charge in [0.15, 0.2) is 11.5 Å². The lowest BCUT2D eigenvalue weighted by atomic mass is 9.92. The third kappa shape index (κ3) is 4.34. The second kappa shape index (κ2) is 10.5. The molecule has 1 fully saturated rings. The average Bonchev–Trinajstić information content (AvgIpc) is 3.54. The molecule has 0 radical (unpaired) electrons. The largest absolute Gasteiger partial charge is 0.493 e. The molecule has 0 bridgehead atoms. The van der Waals surface area contributed by atoms with Crippen LogP contribution in [0.2, 0.25) is 5.02 Å². The molecule has 3 heterocycles. The molecule has 0 amide bonds. The van der Waals surface area contributed by atoms with Gasteiger partial charge in [0.2, 0.25) is 0 Å². The van der Waals surface area contributed by atoms with Gasteiger partial charge in [0.05, 0.1) is 50.0 Å². The van der Waals surface area contributed by atoms with Gasteiger partial charge in [0.25, 0.3) is 0 Å². The summed E-state index contributed by atoms with van der Waals surface area (Å²) in [6.07, 6.45) is 4.48. The highest BCUT2D eigenvalue weighted by Gasteiger charge is 2.31. The summed E-state index contributed by atoms with van der Waals surface area (Å²) in [4.78, 5) is 9.95. The molecular formula is C27H33ClN6O2. The normalized spacial score (nSPS) is 15.4. The van der Waals surface area contributed by atoms with Crippen molar-refractivity contribution < 1.29 is 9.47 Å². The van der Waals surface area contributed by atoms with E-state index in [2.05, 4.69) is 33.2 Å². The molecule has 4 aromatic rings. The predicted octanol–water partition coefficient (Wildman–Crippen LogP) is 4.81. The van der Waals surface area contributed by atoms with Crippen molar-refractivity contribution in [1.82, 2.24) is 30.0 Å². The maximum Gasteiger partial charge on any atom is 0.169 e. The number of methoxy groups -OCH3 is 2. The Labute approximate surface area is 216 Å². The Kier molecular flexibility index (Phi) is 7.18. The lowest BCUT2D eigenvalue weighted by Gasteiger charge is -2.34. The molecule has 2 aromatic heterocycles. The Hall–Kier alpha value is -3.07. The summed E-state index contributed by atoms with van der Waals surface area (Å²) < 4.78 is 13.9. The van der Waals surface area contributed by atoms with Crippen molar-refractivity contribution in [2.24, 2.45) is 0 Å². The first-order valence-electron chi connectivity index (χ1n) is 12.4. The first-order valence-corrected chi connectivity index (χ1v) is 12.8. The van der Waals surface area contributed by atoms with E-state index in [0.717, 1.165) is 71.6 Å². The predicted molar refractivity (Wildman–Crippen MR) is 143 cm³/mol. The molecule has 2 aromatic carbocycles. The highest BCUT2D eigenvalue weighted by Crippen LogP contribution is 2.48. The lowest BCUT2D eigenvalue weighted by molar-refractivity contribution is 0.166. The van der Waals surface area contributed by atoms with Crippen molar-refractivity contribution in [1.29, 1.82) is 0 Å². The van der Waals surface area contributed by atoms with Crippen molar-refractivity contribution in [2.45, 2.75) is 32.9 Å². The minimum atomic E-state index is 0.161. The summed E-state index contributed by atoms with van der Waals surface area (Å²) in [6.45, 7) is 8.75. The first-order chi connectivity index (χ1) is 17.6. The van der Waals surface area contributed by atoms with Gasteiger partial charge in [-0.3, -0.25) is 9.58 Å². The molecule has 1 aliphatic heterocycles. The second-order valence-electron chi connectivity index (χ2n) is 9.12. The molecule has 1 unspecified atom stereocenters. The minimum absolute atomic E-state index is 0.161. The van der Waals surface area contributed by atoms with Crippen molar-refractivity contribution in [2.75, 3.05) is 40.4 Å². The summed E-state index contributed by atoms with van der Waals surface area (Å²) in [6, 6.07) is 8.20. The van der Waals surface area contributed by atoms with Gasteiger partial charge in [0, 0.05) is 54.4 Å². The number of ether oxygens (including phenoxy) is 2. The van der Waals surface area contributed by atoms with Crippen LogP contribution in [0.4, 0.5) is 0 Å². The van der Waals surface area contributed by atoms with Gasteiger partial charge in [-0.05, 0) is 30.5 Å². The molecule has 9 heteroatoms. The maximum absolute atomic E-state index is 6.62. The fraction of sp³-hybridized carbons (Fsp3) is 0.407. The first kappa shape index (κ1) is 24.6. The van der Waals surface area contributed by atoms with E-state index in [1.165, 1.54) is 0 Å². The third-order valence-electron chi connectivity index (χ3n) is 7.12. The van der Waals surface area contributed by atoms with E-state index in [4.69, 9.17) is 26.2 Å². The molecule has 1 saturated heterocycles. The van der Waals surface area contributed by atoms with Crippen LogP contribution < -0.4 is 14.8 Å². The van der Waals surface area contributed by atoms with Gasteiger partial charge >= 0.3 is 0 Å². The maximum atomic E-state index is 6.62. The van der Waals surface area contributed by atoms with Gasteiger partial charge in [-0.25, -0.2) is 4.98 Å². The number of benzene rings is 2. The van der Waals surface area contributed by atoms with E-state index < -0.39 is 0 Å². The van der Waals surface area contributed by atoms with E-state index in [-0.39, 0.29) is 6.04 Å². The van der Waals surface area contributed by atoms with Crippen LogP contribution in [-0.4, -0.2) is 65.0 Å². The van der Waals surface area contributed by atoms with Gasteiger partial charge in [0.1, 0.15) is 0 Å². The molecule has 1 atom stereocenters. The van der Waals surface area contributed by atoms with Gasteiger partial charge < -0.3 is 19.8 Å². The number of rotatable bonds is 8. The summed E-state index contributed by atoms with van der Waals surface area (Å²) in [5.41, 5.74) is 5.99.